The van der Waals surface area contributed by atoms with E-state index in [1.165, 1.54) is 5.56 Å². The molecule has 0 saturated carbocycles. The van der Waals surface area contributed by atoms with Crippen molar-refractivity contribution in [3.8, 4) is 11.5 Å². The molecule has 2 N–H and O–H groups in total. The number of imidazole rings is 1. The summed E-state index contributed by atoms with van der Waals surface area (Å²) >= 11 is 5.27. The third-order valence-electron chi connectivity index (χ3n) is 4.34. The van der Waals surface area contributed by atoms with E-state index in [2.05, 4.69) is 16.9 Å². The number of hydrogen-bond donors (Lipinski definition) is 2. The van der Waals surface area contributed by atoms with Crippen LogP contribution in [0, 0.1) is 5.92 Å². The highest BCUT2D eigenvalue weighted by Gasteiger charge is 2.14. The minimum atomic E-state index is -0.241. The molecule has 1 aromatic heterocycles. The van der Waals surface area contributed by atoms with E-state index in [4.69, 9.17) is 21.7 Å². The second-order valence-electron chi connectivity index (χ2n) is 6.58. The first-order valence-corrected chi connectivity index (χ1v) is 9.48. The Hall–Kier alpha value is -2.60. The molecule has 27 heavy (non-hydrogen) atoms. The Morgan fingerprint density at radius 3 is 2.63 bits per heavy atom. The SMILES string of the molecule is CCOC(=S)C(C)Cc1ccc(OC(C)c2nc3ccc(O)cc3[nH]2)cc1. The molecular weight excluding hydrogens is 360 g/mol. The predicted molar refractivity (Wildman–Crippen MR) is 110 cm³/mol. The molecular formula is C21H24N2O3S. The van der Waals surface area contributed by atoms with Gasteiger partial charge in [0.15, 0.2) is 11.2 Å². The van der Waals surface area contributed by atoms with Crippen molar-refractivity contribution in [1.82, 2.24) is 9.97 Å². The number of hydrogen-bond acceptors (Lipinski definition) is 5. The number of fused-ring (bicyclic) bond motifs is 1. The molecule has 0 amide bonds. The second-order valence-corrected chi connectivity index (χ2v) is 6.99. The second kappa shape index (κ2) is 8.39. The first-order chi connectivity index (χ1) is 13.0. The van der Waals surface area contributed by atoms with Gasteiger partial charge in [-0.3, -0.25) is 0 Å². The number of ether oxygens (including phenoxy) is 2. The molecule has 3 rings (SSSR count). The lowest BCUT2D eigenvalue weighted by atomic mass is 10.0. The quantitative estimate of drug-likeness (QED) is 0.564. The number of rotatable bonds is 7. The van der Waals surface area contributed by atoms with Crippen LogP contribution in [-0.2, 0) is 11.2 Å². The summed E-state index contributed by atoms with van der Waals surface area (Å²) < 4.78 is 11.4. The predicted octanol–water partition coefficient (Wildman–Crippen LogP) is 4.95. The van der Waals surface area contributed by atoms with Crippen molar-refractivity contribution >= 4 is 28.3 Å². The number of aromatic nitrogens is 2. The van der Waals surface area contributed by atoms with Crippen molar-refractivity contribution in [2.24, 2.45) is 5.92 Å². The maximum atomic E-state index is 9.57. The fourth-order valence-corrected chi connectivity index (χ4v) is 3.10. The molecule has 5 nitrogen and oxygen atoms in total. The Bertz CT molecular complexity index is 921. The van der Waals surface area contributed by atoms with Crippen molar-refractivity contribution < 1.29 is 14.6 Å². The Labute approximate surface area is 164 Å². The molecule has 0 bridgehead atoms. The molecule has 0 aliphatic heterocycles. The number of thiocarbonyl (C=S) groups is 1. The van der Waals surface area contributed by atoms with Gasteiger partial charge in [0.05, 0.1) is 17.6 Å². The zero-order valence-electron chi connectivity index (χ0n) is 15.7. The van der Waals surface area contributed by atoms with E-state index in [1.54, 1.807) is 18.2 Å². The zero-order chi connectivity index (χ0) is 19.4. The minimum Gasteiger partial charge on any atom is -0.508 e. The molecule has 2 unspecified atom stereocenters. The van der Waals surface area contributed by atoms with E-state index in [1.807, 2.05) is 38.1 Å². The van der Waals surface area contributed by atoms with Crippen LogP contribution >= 0.6 is 12.2 Å². The van der Waals surface area contributed by atoms with Crippen molar-refractivity contribution in [2.45, 2.75) is 33.3 Å². The van der Waals surface area contributed by atoms with Gasteiger partial charge in [-0.15, -0.1) is 0 Å². The monoisotopic (exact) mass is 384 g/mol. The molecule has 1 heterocycles. The largest absolute Gasteiger partial charge is 0.508 e. The first kappa shape index (κ1) is 19.2. The Morgan fingerprint density at radius 2 is 1.93 bits per heavy atom. The standard InChI is InChI=1S/C21H24N2O3S/c1-4-25-21(27)13(2)11-15-5-8-17(9-6-15)26-14(3)20-22-18-10-7-16(24)12-19(18)23-20/h5-10,12-14,24H,4,11H2,1-3H3,(H,22,23). The van der Waals surface area contributed by atoms with Gasteiger partial charge < -0.3 is 19.6 Å². The first-order valence-electron chi connectivity index (χ1n) is 9.07. The van der Waals surface area contributed by atoms with E-state index in [-0.39, 0.29) is 17.8 Å². The lowest BCUT2D eigenvalue weighted by Crippen LogP contribution is -2.14. The molecule has 3 aromatic rings. The minimum absolute atomic E-state index is 0.192. The zero-order valence-corrected chi connectivity index (χ0v) is 16.5. The van der Waals surface area contributed by atoms with Crippen molar-refractivity contribution in [3.05, 3.63) is 53.9 Å². The van der Waals surface area contributed by atoms with Crippen molar-refractivity contribution in [1.29, 1.82) is 0 Å². The molecule has 0 aliphatic rings. The number of phenols is 1. The number of benzene rings is 2. The summed E-state index contributed by atoms with van der Waals surface area (Å²) in [7, 11) is 0. The number of nitrogens with zero attached hydrogens (tertiary/aromatic N) is 1. The fraction of sp³-hybridized carbons (Fsp3) is 0.333. The van der Waals surface area contributed by atoms with Crippen LogP contribution in [0.4, 0.5) is 0 Å². The summed E-state index contributed by atoms with van der Waals surface area (Å²) in [5.74, 6) is 1.89. The van der Waals surface area contributed by atoms with Gasteiger partial charge in [-0.1, -0.05) is 19.1 Å². The average molecular weight is 385 g/mol. The van der Waals surface area contributed by atoms with E-state index in [9.17, 15) is 5.11 Å². The summed E-state index contributed by atoms with van der Waals surface area (Å²) in [6, 6.07) is 13.1. The highest BCUT2D eigenvalue weighted by molar-refractivity contribution is 7.80. The van der Waals surface area contributed by atoms with E-state index < -0.39 is 0 Å². The number of aromatic amines is 1. The van der Waals surface area contributed by atoms with Crippen LogP contribution in [0.2, 0.25) is 0 Å². The fourth-order valence-electron chi connectivity index (χ4n) is 2.90. The molecule has 0 spiro atoms. The van der Waals surface area contributed by atoms with Gasteiger partial charge in [-0.25, -0.2) is 4.98 Å². The highest BCUT2D eigenvalue weighted by atomic mass is 32.1. The Balaban J connectivity index is 1.63. The molecule has 0 fully saturated rings. The van der Waals surface area contributed by atoms with Gasteiger partial charge in [0.1, 0.15) is 17.3 Å². The highest BCUT2D eigenvalue weighted by Crippen LogP contribution is 2.24. The van der Waals surface area contributed by atoms with E-state index in [0.717, 1.165) is 29.0 Å². The summed E-state index contributed by atoms with van der Waals surface area (Å²) in [5.41, 5.74) is 2.77. The van der Waals surface area contributed by atoms with Crippen LogP contribution < -0.4 is 4.74 Å². The smallest absolute Gasteiger partial charge is 0.162 e. The molecule has 2 aromatic carbocycles. The topological polar surface area (TPSA) is 67.4 Å². The molecule has 0 saturated heterocycles. The van der Waals surface area contributed by atoms with Crippen LogP contribution in [0.1, 0.15) is 38.3 Å². The summed E-state index contributed by atoms with van der Waals surface area (Å²) in [6.45, 7) is 6.56. The van der Waals surface area contributed by atoms with Gasteiger partial charge in [0, 0.05) is 12.0 Å². The van der Waals surface area contributed by atoms with Crippen molar-refractivity contribution in [3.63, 3.8) is 0 Å². The van der Waals surface area contributed by atoms with Gasteiger partial charge in [0.2, 0.25) is 0 Å². The Morgan fingerprint density at radius 1 is 1.19 bits per heavy atom. The lowest BCUT2D eigenvalue weighted by Gasteiger charge is -2.15. The number of aromatic hydroxyl groups is 1. The maximum absolute atomic E-state index is 9.57. The van der Waals surface area contributed by atoms with E-state index >= 15 is 0 Å². The van der Waals surface area contributed by atoms with Crippen LogP contribution in [0.15, 0.2) is 42.5 Å². The van der Waals surface area contributed by atoms with E-state index in [0.29, 0.717) is 11.7 Å². The molecule has 0 radical (unpaired) electrons. The van der Waals surface area contributed by atoms with Gasteiger partial charge in [-0.2, -0.15) is 0 Å². The molecule has 2 atom stereocenters. The van der Waals surface area contributed by atoms with Crippen LogP contribution in [-0.4, -0.2) is 26.7 Å². The number of nitrogens with one attached hydrogen (secondary N) is 1. The molecule has 142 valence electrons. The van der Waals surface area contributed by atoms with Crippen LogP contribution in [0.3, 0.4) is 0 Å². The number of H-pyrrole nitrogens is 1. The van der Waals surface area contributed by atoms with Gasteiger partial charge in [0.25, 0.3) is 0 Å². The summed E-state index contributed by atoms with van der Waals surface area (Å²) in [4.78, 5) is 7.72. The van der Waals surface area contributed by atoms with Crippen LogP contribution in [0.5, 0.6) is 11.5 Å². The normalized spacial score (nSPS) is 13.3. The van der Waals surface area contributed by atoms with Crippen LogP contribution in [0.25, 0.3) is 11.0 Å². The van der Waals surface area contributed by atoms with Gasteiger partial charge >= 0.3 is 0 Å². The maximum Gasteiger partial charge on any atom is 0.162 e. The third-order valence-corrected chi connectivity index (χ3v) is 4.86. The van der Waals surface area contributed by atoms with Gasteiger partial charge in [-0.05, 0) is 62.3 Å². The summed E-state index contributed by atoms with van der Waals surface area (Å²) in [6.07, 6.45) is 0.594. The summed E-state index contributed by atoms with van der Waals surface area (Å²) in [5, 5.41) is 10.2. The van der Waals surface area contributed by atoms with Crippen molar-refractivity contribution in [2.75, 3.05) is 6.61 Å². The molecule has 6 heteroatoms. The molecule has 0 aliphatic carbocycles. The third kappa shape index (κ3) is 4.77. The number of phenolic OH excluding ortho intramolecular Hbond substituents is 1. The lowest BCUT2D eigenvalue weighted by molar-refractivity contribution is 0.218. The average Bonchev–Trinajstić information content (AvgIpc) is 3.06. The Kier molecular flexibility index (Phi) is 5.96.